The van der Waals surface area contributed by atoms with Gasteiger partial charge in [-0.3, -0.25) is 0 Å². The lowest BCUT2D eigenvalue weighted by molar-refractivity contribution is 0.146. The van der Waals surface area contributed by atoms with E-state index < -0.39 is 0 Å². The molecule has 0 bridgehead atoms. The van der Waals surface area contributed by atoms with E-state index in [2.05, 4.69) is 0 Å². The Kier molecular flexibility index (Phi) is 2.29. The minimum atomic E-state index is -0.172. The summed E-state index contributed by atoms with van der Waals surface area (Å²) in [7, 11) is 0. The topological polar surface area (TPSA) is 35.9 Å². The third kappa shape index (κ3) is 1.65. The van der Waals surface area contributed by atoms with Crippen molar-refractivity contribution >= 4 is 6.03 Å². The van der Waals surface area contributed by atoms with Crippen LogP contribution in [0.5, 0.6) is 0 Å². The second-order valence-corrected chi connectivity index (χ2v) is 4.17. The fourth-order valence-corrected chi connectivity index (χ4v) is 2.09. The molecule has 0 saturated carbocycles. The summed E-state index contributed by atoms with van der Waals surface area (Å²) in [6.07, 6.45) is 2.04. The Morgan fingerprint density at radius 3 is 2.56 bits per heavy atom. The van der Waals surface area contributed by atoms with Crippen molar-refractivity contribution in [3.63, 3.8) is 0 Å². The molecule has 2 heterocycles. The number of benzene rings is 1. The van der Waals surface area contributed by atoms with Gasteiger partial charge in [0.2, 0.25) is 6.23 Å². The Bertz CT molecular complexity index is 387. The SMILES string of the molecule is O=C(N1CCCC1)N1OC1c1ccccc1. The summed E-state index contributed by atoms with van der Waals surface area (Å²) in [5, 5.41) is 1.46. The molecule has 1 aromatic rings. The van der Waals surface area contributed by atoms with Crippen molar-refractivity contribution < 1.29 is 9.63 Å². The monoisotopic (exact) mass is 218 g/mol. The van der Waals surface area contributed by atoms with Crippen molar-refractivity contribution in [2.24, 2.45) is 0 Å². The summed E-state index contributed by atoms with van der Waals surface area (Å²) in [6, 6.07) is 9.82. The minimum absolute atomic E-state index is 0.00588. The summed E-state index contributed by atoms with van der Waals surface area (Å²) in [4.78, 5) is 19.1. The van der Waals surface area contributed by atoms with Crippen LogP contribution in [0, 0.1) is 0 Å². The standard InChI is InChI=1S/C12H14N2O2/c15-12(13-8-4-5-9-13)14-11(16-14)10-6-2-1-3-7-10/h1-3,6-7,11H,4-5,8-9H2. The van der Waals surface area contributed by atoms with Crippen LogP contribution in [-0.2, 0) is 4.84 Å². The predicted octanol–water partition coefficient (Wildman–Crippen LogP) is 2.15. The molecule has 2 amide bonds. The van der Waals surface area contributed by atoms with Crippen LogP contribution in [0.25, 0.3) is 0 Å². The Balaban J connectivity index is 1.65. The molecule has 16 heavy (non-hydrogen) atoms. The summed E-state index contributed by atoms with van der Waals surface area (Å²) in [5.41, 5.74) is 1.04. The van der Waals surface area contributed by atoms with Gasteiger partial charge in [0, 0.05) is 18.7 Å². The normalized spacial score (nSPS) is 23.6. The first-order chi connectivity index (χ1) is 7.86. The minimum Gasteiger partial charge on any atom is -0.323 e. The van der Waals surface area contributed by atoms with E-state index in [9.17, 15) is 4.79 Å². The average molecular weight is 218 g/mol. The molecule has 0 aromatic heterocycles. The molecule has 2 aliphatic rings. The van der Waals surface area contributed by atoms with Gasteiger partial charge in [-0.2, -0.15) is 5.06 Å². The predicted molar refractivity (Wildman–Crippen MR) is 58.3 cm³/mol. The van der Waals surface area contributed by atoms with Crippen molar-refractivity contribution in [1.29, 1.82) is 0 Å². The lowest BCUT2D eigenvalue weighted by Gasteiger charge is -2.13. The summed E-state index contributed by atoms with van der Waals surface area (Å²) >= 11 is 0. The fraction of sp³-hybridized carbons (Fsp3) is 0.417. The third-order valence-corrected chi connectivity index (χ3v) is 3.03. The van der Waals surface area contributed by atoms with E-state index in [1.807, 2.05) is 35.2 Å². The lowest BCUT2D eigenvalue weighted by atomic mass is 10.2. The molecule has 3 rings (SSSR count). The lowest BCUT2D eigenvalue weighted by Crippen LogP contribution is -2.31. The van der Waals surface area contributed by atoms with E-state index in [0.29, 0.717) is 0 Å². The van der Waals surface area contributed by atoms with Gasteiger partial charge in [0.25, 0.3) is 0 Å². The van der Waals surface area contributed by atoms with Crippen LogP contribution in [0.15, 0.2) is 30.3 Å². The Morgan fingerprint density at radius 1 is 1.19 bits per heavy atom. The van der Waals surface area contributed by atoms with E-state index in [1.165, 1.54) is 5.06 Å². The zero-order chi connectivity index (χ0) is 11.0. The number of carbonyl (C=O) groups excluding carboxylic acids is 1. The molecule has 2 saturated heterocycles. The quantitative estimate of drug-likeness (QED) is 0.677. The maximum absolute atomic E-state index is 11.9. The van der Waals surface area contributed by atoms with Crippen LogP contribution >= 0.6 is 0 Å². The highest BCUT2D eigenvalue weighted by Gasteiger charge is 2.45. The molecule has 1 atom stereocenters. The zero-order valence-electron chi connectivity index (χ0n) is 9.00. The first kappa shape index (κ1) is 9.66. The number of hydroxylamine groups is 2. The van der Waals surface area contributed by atoms with Gasteiger partial charge in [0.05, 0.1) is 0 Å². The van der Waals surface area contributed by atoms with Gasteiger partial charge in [-0.05, 0) is 12.8 Å². The first-order valence-electron chi connectivity index (χ1n) is 5.66. The highest BCUT2D eigenvalue weighted by Crippen LogP contribution is 2.38. The van der Waals surface area contributed by atoms with E-state index in [-0.39, 0.29) is 12.3 Å². The maximum atomic E-state index is 11.9. The number of likely N-dealkylation sites (tertiary alicyclic amines) is 1. The number of rotatable bonds is 1. The van der Waals surface area contributed by atoms with Gasteiger partial charge in [-0.1, -0.05) is 30.3 Å². The molecule has 2 fully saturated rings. The van der Waals surface area contributed by atoms with Crippen molar-refractivity contribution in [3.8, 4) is 0 Å². The van der Waals surface area contributed by atoms with Crippen LogP contribution in [0.4, 0.5) is 4.79 Å². The van der Waals surface area contributed by atoms with Crippen molar-refractivity contribution in [1.82, 2.24) is 9.96 Å². The third-order valence-electron chi connectivity index (χ3n) is 3.03. The molecule has 4 nitrogen and oxygen atoms in total. The molecular formula is C12H14N2O2. The van der Waals surface area contributed by atoms with Gasteiger partial charge in [0.1, 0.15) is 0 Å². The van der Waals surface area contributed by atoms with Crippen LogP contribution < -0.4 is 0 Å². The number of urea groups is 1. The second-order valence-electron chi connectivity index (χ2n) is 4.17. The molecule has 0 aliphatic carbocycles. The van der Waals surface area contributed by atoms with E-state index >= 15 is 0 Å². The molecule has 0 spiro atoms. The molecule has 0 radical (unpaired) electrons. The zero-order valence-corrected chi connectivity index (χ0v) is 9.00. The Labute approximate surface area is 94.4 Å². The molecule has 84 valence electrons. The van der Waals surface area contributed by atoms with E-state index in [1.54, 1.807) is 0 Å². The molecule has 4 heteroatoms. The molecular weight excluding hydrogens is 204 g/mol. The Hall–Kier alpha value is -1.55. The molecule has 0 N–H and O–H groups in total. The van der Waals surface area contributed by atoms with Crippen molar-refractivity contribution in [2.75, 3.05) is 13.1 Å². The van der Waals surface area contributed by atoms with Gasteiger partial charge < -0.3 is 4.90 Å². The highest BCUT2D eigenvalue weighted by atomic mass is 16.8. The fourth-order valence-electron chi connectivity index (χ4n) is 2.09. The molecule has 1 aromatic carbocycles. The number of nitrogens with zero attached hydrogens (tertiary/aromatic N) is 2. The van der Waals surface area contributed by atoms with Gasteiger partial charge >= 0.3 is 6.03 Å². The van der Waals surface area contributed by atoms with Crippen LogP contribution in [0.2, 0.25) is 0 Å². The van der Waals surface area contributed by atoms with Crippen LogP contribution in [0.1, 0.15) is 24.6 Å². The van der Waals surface area contributed by atoms with Gasteiger partial charge in [-0.25, -0.2) is 9.63 Å². The Morgan fingerprint density at radius 2 is 1.88 bits per heavy atom. The van der Waals surface area contributed by atoms with Crippen molar-refractivity contribution in [3.05, 3.63) is 35.9 Å². The van der Waals surface area contributed by atoms with E-state index in [0.717, 1.165) is 31.5 Å². The molecule has 2 aliphatic heterocycles. The number of hydrogen-bond donors (Lipinski definition) is 0. The van der Waals surface area contributed by atoms with Gasteiger partial charge in [0.15, 0.2) is 0 Å². The average Bonchev–Trinajstić information content (AvgIpc) is 2.95. The smallest absolute Gasteiger partial charge is 0.323 e. The van der Waals surface area contributed by atoms with Gasteiger partial charge in [-0.15, -0.1) is 0 Å². The summed E-state index contributed by atoms with van der Waals surface area (Å²) < 4.78 is 0. The molecule has 1 unspecified atom stereocenters. The van der Waals surface area contributed by atoms with Crippen molar-refractivity contribution in [2.45, 2.75) is 19.1 Å². The number of carbonyl (C=O) groups is 1. The van der Waals surface area contributed by atoms with Crippen LogP contribution in [-0.4, -0.2) is 29.1 Å². The number of hydrogen-bond acceptors (Lipinski definition) is 2. The second kappa shape index (κ2) is 3.79. The van der Waals surface area contributed by atoms with Crippen LogP contribution in [0.3, 0.4) is 0 Å². The highest BCUT2D eigenvalue weighted by molar-refractivity contribution is 5.75. The summed E-state index contributed by atoms with van der Waals surface area (Å²) in [6.45, 7) is 1.72. The van der Waals surface area contributed by atoms with E-state index in [4.69, 9.17) is 4.84 Å². The maximum Gasteiger partial charge on any atom is 0.346 e. The number of amides is 2. The first-order valence-corrected chi connectivity index (χ1v) is 5.66. The largest absolute Gasteiger partial charge is 0.346 e. The summed E-state index contributed by atoms with van der Waals surface area (Å²) in [5.74, 6) is 0.